The highest BCUT2D eigenvalue weighted by atomic mass is 79.9. The van der Waals surface area contributed by atoms with Crippen molar-refractivity contribution in [2.24, 2.45) is 0 Å². The molecule has 0 saturated carbocycles. The Morgan fingerprint density at radius 3 is 2.46 bits per heavy atom. The van der Waals surface area contributed by atoms with Crippen molar-refractivity contribution in [3.8, 4) is 0 Å². The minimum atomic E-state index is -0.397. The summed E-state index contributed by atoms with van der Waals surface area (Å²) in [6.07, 6.45) is 0. The summed E-state index contributed by atoms with van der Waals surface area (Å²) < 4.78 is 16.9. The smallest absolute Gasteiger partial charge is 0.324 e. The van der Waals surface area contributed by atoms with Crippen LogP contribution in [-0.4, -0.2) is 5.97 Å². The standard InChI is InChI=1S/C9H8BrFO2/c1-6(9(12)13-10)7-2-4-8(11)5-3-7/h2-6H,1H3. The van der Waals surface area contributed by atoms with Gasteiger partial charge in [0, 0.05) is 0 Å². The fourth-order valence-corrected chi connectivity index (χ4v) is 1.23. The summed E-state index contributed by atoms with van der Waals surface area (Å²) in [5.41, 5.74) is 0.728. The molecule has 0 aliphatic carbocycles. The maximum absolute atomic E-state index is 12.5. The average Bonchev–Trinajstić information content (AvgIpc) is 2.17. The fourth-order valence-electron chi connectivity index (χ4n) is 0.954. The summed E-state index contributed by atoms with van der Waals surface area (Å²) in [5.74, 6) is -1.10. The SMILES string of the molecule is CC(C(=O)OBr)c1ccc(F)cc1. The highest BCUT2D eigenvalue weighted by molar-refractivity contribution is 9.06. The molecule has 0 amide bonds. The molecule has 1 unspecified atom stereocenters. The van der Waals surface area contributed by atoms with E-state index in [1.54, 1.807) is 19.1 Å². The summed E-state index contributed by atoms with van der Waals surface area (Å²) in [6.45, 7) is 1.69. The Bertz CT molecular complexity index is 297. The van der Waals surface area contributed by atoms with Crippen molar-refractivity contribution < 1.29 is 13.0 Å². The molecule has 0 saturated heterocycles. The van der Waals surface area contributed by atoms with Crippen molar-refractivity contribution in [1.82, 2.24) is 0 Å². The van der Waals surface area contributed by atoms with Gasteiger partial charge in [0.05, 0.1) is 5.92 Å². The zero-order chi connectivity index (χ0) is 9.84. The summed E-state index contributed by atoms with van der Waals surface area (Å²) in [4.78, 5) is 11.0. The molecule has 13 heavy (non-hydrogen) atoms. The van der Waals surface area contributed by atoms with Gasteiger partial charge in [0.1, 0.15) is 5.82 Å². The molecule has 0 aliphatic rings. The van der Waals surface area contributed by atoms with Crippen LogP contribution in [0.4, 0.5) is 4.39 Å². The lowest BCUT2D eigenvalue weighted by Crippen LogP contribution is -2.08. The molecule has 0 N–H and O–H groups in total. The topological polar surface area (TPSA) is 26.3 Å². The quantitative estimate of drug-likeness (QED) is 0.803. The van der Waals surface area contributed by atoms with Gasteiger partial charge in [-0.3, -0.25) is 4.79 Å². The monoisotopic (exact) mass is 246 g/mol. The molecule has 0 bridgehead atoms. The number of rotatable bonds is 2. The zero-order valence-electron chi connectivity index (χ0n) is 6.96. The summed E-state index contributed by atoms with van der Waals surface area (Å²) in [6, 6.07) is 5.74. The van der Waals surface area contributed by atoms with Crippen molar-refractivity contribution in [2.45, 2.75) is 12.8 Å². The Balaban J connectivity index is 2.83. The molecule has 0 fully saturated rings. The molecular weight excluding hydrogens is 239 g/mol. The Morgan fingerprint density at radius 2 is 2.00 bits per heavy atom. The number of carbonyl (C=O) groups is 1. The van der Waals surface area contributed by atoms with E-state index in [4.69, 9.17) is 0 Å². The maximum atomic E-state index is 12.5. The minimum Gasteiger partial charge on any atom is -0.383 e. The predicted octanol–water partition coefficient (Wildman–Crippen LogP) is 2.78. The van der Waals surface area contributed by atoms with Crippen LogP contribution in [0.2, 0.25) is 0 Å². The van der Waals surface area contributed by atoms with Gasteiger partial charge in [-0.1, -0.05) is 12.1 Å². The van der Waals surface area contributed by atoms with E-state index >= 15 is 0 Å². The van der Waals surface area contributed by atoms with Crippen LogP contribution >= 0.6 is 16.3 Å². The van der Waals surface area contributed by atoms with Crippen LogP contribution in [0.3, 0.4) is 0 Å². The van der Waals surface area contributed by atoms with Gasteiger partial charge < -0.3 is 3.83 Å². The number of hydrogen-bond acceptors (Lipinski definition) is 2. The van der Waals surface area contributed by atoms with Gasteiger partial charge in [0.15, 0.2) is 16.3 Å². The molecule has 1 aromatic carbocycles. The maximum Gasteiger partial charge on any atom is 0.324 e. The van der Waals surface area contributed by atoms with Crippen molar-refractivity contribution >= 4 is 22.2 Å². The van der Waals surface area contributed by atoms with Gasteiger partial charge >= 0.3 is 5.97 Å². The van der Waals surface area contributed by atoms with Crippen LogP contribution in [-0.2, 0) is 8.62 Å². The Morgan fingerprint density at radius 1 is 1.46 bits per heavy atom. The number of benzene rings is 1. The highest BCUT2D eigenvalue weighted by Crippen LogP contribution is 2.17. The summed E-state index contributed by atoms with van der Waals surface area (Å²) in [5, 5.41) is 0. The molecule has 1 aromatic rings. The molecule has 4 heteroatoms. The molecule has 0 heterocycles. The predicted molar refractivity (Wildman–Crippen MR) is 49.8 cm³/mol. The van der Waals surface area contributed by atoms with Gasteiger partial charge in [0.25, 0.3) is 0 Å². The number of carbonyl (C=O) groups excluding carboxylic acids is 1. The lowest BCUT2D eigenvalue weighted by Gasteiger charge is -2.07. The summed E-state index contributed by atoms with van der Waals surface area (Å²) >= 11 is 2.60. The van der Waals surface area contributed by atoms with Crippen LogP contribution in [0.15, 0.2) is 24.3 Å². The van der Waals surface area contributed by atoms with Gasteiger partial charge in [-0.15, -0.1) is 0 Å². The van der Waals surface area contributed by atoms with Crippen molar-refractivity contribution in [1.29, 1.82) is 0 Å². The van der Waals surface area contributed by atoms with Crippen LogP contribution in [0.1, 0.15) is 18.4 Å². The van der Waals surface area contributed by atoms with Crippen molar-refractivity contribution in [3.05, 3.63) is 35.6 Å². The highest BCUT2D eigenvalue weighted by Gasteiger charge is 2.15. The second kappa shape index (κ2) is 4.37. The van der Waals surface area contributed by atoms with E-state index < -0.39 is 5.97 Å². The Labute approximate surface area is 84.2 Å². The Kier molecular flexibility index (Phi) is 3.42. The van der Waals surface area contributed by atoms with Gasteiger partial charge in [-0.25, -0.2) is 4.39 Å². The van der Waals surface area contributed by atoms with Crippen molar-refractivity contribution in [2.75, 3.05) is 0 Å². The third-order valence-corrected chi connectivity index (χ3v) is 2.12. The first kappa shape index (κ1) is 10.2. The zero-order valence-corrected chi connectivity index (χ0v) is 8.55. The second-order valence-electron chi connectivity index (χ2n) is 2.67. The first-order chi connectivity index (χ1) is 6.15. The molecule has 0 spiro atoms. The normalized spacial score (nSPS) is 12.2. The van der Waals surface area contributed by atoms with E-state index in [-0.39, 0.29) is 11.7 Å². The van der Waals surface area contributed by atoms with E-state index in [2.05, 4.69) is 20.1 Å². The molecule has 0 radical (unpaired) electrons. The lowest BCUT2D eigenvalue weighted by atomic mass is 10.0. The molecule has 70 valence electrons. The van der Waals surface area contributed by atoms with E-state index in [0.717, 1.165) is 5.56 Å². The molecule has 0 aromatic heterocycles. The van der Waals surface area contributed by atoms with Gasteiger partial charge in [0.2, 0.25) is 0 Å². The largest absolute Gasteiger partial charge is 0.383 e. The van der Waals surface area contributed by atoms with E-state index in [1.165, 1.54) is 12.1 Å². The second-order valence-corrected chi connectivity index (χ2v) is 2.99. The Hall–Kier alpha value is -0.900. The van der Waals surface area contributed by atoms with Crippen LogP contribution in [0.5, 0.6) is 0 Å². The molecule has 2 nitrogen and oxygen atoms in total. The van der Waals surface area contributed by atoms with E-state index in [0.29, 0.717) is 0 Å². The van der Waals surface area contributed by atoms with Crippen LogP contribution in [0.25, 0.3) is 0 Å². The van der Waals surface area contributed by atoms with Gasteiger partial charge in [-0.05, 0) is 24.6 Å². The number of hydrogen-bond donors (Lipinski definition) is 0. The average molecular weight is 247 g/mol. The van der Waals surface area contributed by atoms with Crippen LogP contribution < -0.4 is 0 Å². The number of halogens is 2. The third kappa shape index (κ3) is 2.52. The van der Waals surface area contributed by atoms with Crippen LogP contribution in [0, 0.1) is 5.82 Å². The first-order valence-electron chi connectivity index (χ1n) is 3.73. The minimum absolute atomic E-state index is 0.317. The third-order valence-electron chi connectivity index (χ3n) is 1.80. The lowest BCUT2D eigenvalue weighted by molar-refractivity contribution is -0.133. The molecule has 1 atom stereocenters. The fraction of sp³-hybridized carbons (Fsp3) is 0.222. The molecule has 1 rings (SSSR count). The molecule has 0 aliphatic heterocycles. The molecular formula is C9H8BrFO2. The van der Waals surface area contributed by atoms with Crippen molar-refractivity contribution in [3.63, 3.8) is 0 Å². The first-order valence-corrected chi connectivity index (χ1v) is 4.38. The van der Waals surface area contributed by atoms with E-state index in [1.807, 2.05) is 0 Å². The van der Waals surface area contributed by atoms with E-state index in [9.17, 15) is 9.18 Å². The van der Waals surface area contributed by atoms with Gasteiger partial charge in [-0.2, -0.15) is 0 Å². The summed E-state index contributed by atoms with van der Waals surface area (Å²) in [7, 11) is 0.